The van der Waals surface area contributed by atoms with Crippen molar-refractivity contribution in [2.24, 2.45) is 5.92 Å². The summed E-state index contributed by atoms with van der Waals surface area (Å²) in [5.41, 5.74) is 0. The maximum atomic E-state index is 11.9. The quantitative estimate of drug-likeness (QED) is 0.803. The van der Waals surface area contributed by atoms with Gasteiger partial charge in [-0.25, -0.2) is 8.42 Å². The Balaban J connectivity index is 2.51. The van der Waals surface area contributed by atoms with Crippen LogP contribution in [0.15, 0.2) is 0 Å². The van der Waals surface area contributed by atoms with Crippen molar-refractivity contribution in [2.75, 3.05) is 12.8 Å². The number of halogens is 1. The molecule has 0 aromatic rings. The van der Waals surface area contributed by atoms with Gasteiger partial charge >= 0.3 is 0 Å². The zero-order valence-electron chi connectivity index (χ0n) is 11.2. The summed E-state index contributed by atoms with van der Waals surface area (Å²) >= 11 is 6.08. The topological polar surface area (TPSA) is 63.2 Å². The molecule has 0 saturated heterocycles. The van der Waals surface area contributed by atoms with Gasteiger partial charge in [-0.1, -0.05) is 6.42 Å². The van der Waals surface area contributed by atoms with Gasteiger partial charge in [0.25, 0.3) is 0 Å². The van der Waals surface area contributed by atoms with Crippen molar-refractivity contribution in [1.29, 1.82) is 0 Å². The van der Waals surface area contributed by atoms with Gasteiger partial charge in [0.05, 0.1) is 0 Å². The number of nitrogens with one attached hydrogen (secondary N) is 1. The molecule has 0 radical (unpaired) electrons. The highest BCUT2D eigenvalue weighted by Crippen LogP contribution is 2.27. The highest BCUT2D eigenvalue weighted by atomic mass is 35.5. The molecule has 2 atom stereocenters. The Hall–Kier alpha value is -0.290. The Morgan fingerprint density at radius 3 is 2.50 bits per heavy atom. The first-order chi connectivity index (χ1) is 8.14. The summed E-state index contributed by atoms with van der Waals surface area (Å²) in [5, 5.41) is 2.93. The number of rotatable bonds is 4. The van der Waals surface area contributed by atoms with Gasteiger partial charge < -0.3 is 5.32 Å². The van der Waals surface area contributed by atoms with E-state index in [0.29, 0.717) is 12.5 Å². The molecule has 1 saturated carbocycles. The van der Waals surface area contributed by atoms with Crippen LogP contribution in [0.1, 0.15) is 39.5 Å². The van der Waals surface area contributed by atoms with Crippen LogP contribution >= 0.6 is 11.6 Å². The van der Waals surface area contributed by atoms with Crippen LogP contribution in [0.5, 0.6) is 0 Å². The van der Waals surface area contributed by atoms with E-state index in [2.05, 4.69) is 5.32 Å². The van der Waals surface area contributed by atoms with Gasteiger partial charge in [0.15, 0.2) is 9.84 Å². The van der Waals surface area contributed by atoms with Gasteiger partial charge in [-0.3, -0.25) is 4.79 Å². The van der Waals surface area contributed by atoms with Crippen LogP contribution in [0.3, 0.4) is 0 Å². The smallest absolute Gasteiger partial charge is 0.240 e. The standard InChI is InChI=1S/C12H22ClNO3S/c1-12(2,18(3,16)17)11(15)14-8-9-5-4-6-10(13)7-9/h9-10H,4-8H2,1-3H3,(H,14,15). The van der Waals surface area contributed by atoms with Crippen molar-refractivity contribution in [2.45, 2.75) is 49.7 Å². The van der Waals surface area contributed by atoms with Gasteiger partial charge in [-0.05, 0) is 39.0 Å². The number of amides is 1. The van der Waals surface area contributed by atoms with E-state index >= 15 is 0 Å². The first-order valence-corrected chi connectivity index (χ1v) is 8.59. The number of carbonyl (C=O) groups excluding carboxylic acids is 1. The number of carbonyl (C=O) groups is 1. The Kier molecular flexibility index (Phi) is 5.06. The third-order valence-electron chi connectivity index (χ3n) is 3.74. The normalized spacial score (nSPS) is 25.8. The fraction of sp³-hybridized carbons (Fsp3) is 0.917. The molecule has 0 bridgehead atoms. The second kappa shape index (κ2) is 5.78. The predicted molar refractivity (Wildman–Crippen MR) is 73.5 cm³/mol. The van der Waals surface area contributed by atoms with Crippen molar-refractivity contribution < 1.29 is 13.2 Å². The number of sulfone groups is 1. The van der Waals surface area contributed by atoms with Gasteiger partial charge in [0, 0.05) is 18.2 Å². The van der Waals surface area contributed by atoms with E-state index < -0.39 is 20.5 Å². The van der Waals surface area contributed by atoms with E-state index in [1.54, 1.807) is 0 Å². The lowest BCUT2D eigenvalue weighted by Crippen LogP contribution is -2.49. The molecule has 1 N–H and O–H groups in total. The van der Waals surface area contributed by atoms with Crippen molar-refractivity contribution in [3.8, 4) is 0 Å². The molecule has 106 valence electrons. The highest BCUT2D eigenvalue weighted by molar-refractivity contribution is 7.92. The first-order valence-electron chi connectivity index (χ1n) is 6.26. The van der Waals surface area contributed by atoms with Crippen molar-refractivity contribution >= 4 is 27.3 Å². The molecule has 1 aliphatic rings. The molecule has 2 unspecified atom stereocenters. The van der Waals surface area contributed by atoms with Gasteiger partial charge in [-0.2, -0.15) is 0 Å². The van der Waals surface area contributed by atoms with Gasteiger partial charge in [0.1, 0.15) is 4.75 Å². The van der Waals surface area contributed by atoms with Gasteiger partial charge in [0.2, 0.25) is 5.91 Å². The monoisotopic (exact) mass is 295 g/mol. The summed E-state index contributed by atoms with van der Waals surface area (Å²) < 4.78 is 21.7. The molecular formula is C12H22ClNO3S. The van der Waals surface area contributed by atoms with Crippen LogP contribution < -0.4 is 5.32 Å². The van der Waals surface area contributed by atoms with Crippen LogP contribution in [-0.2, 0) is 14.6 Å². The Bertz CT molecular complexity index is 406. The van der Waals surface area contributed by atoms with E-state index in [0.717, 1.165) is 31.9 Å². The Morgan fingerprint density at radius 1 is 1.39 bits per heavy atom. The van der Waals surface area contributed by atoms with E-state index in [9.17, 15) is 13.2 Å². The Labute approximate surface area is 114 Å². The number of hydrogen-bond donors (Lipinski definition) is 1. The average molecular weight is 296 g/mol. The summed E-state index contributed by atoms with van der Waals surface area (Å²) in [6.45, 7) is 3.38. The van der Waals surface area contributed by atoms with Crippen molar-refractivity contribution in [3.63, 3.8) is 0 Å². The largest absolute Gasteiger partial charge is 0.354 e. The molecule has 4 nitrogen and oxygen atoms in total. The molecule has 0 heterocycles. The second-order valence-electron chi connectivity index (χ2n) is 5.62. The second-order valence-corrected chi connectivity index (χ2v) is 8.80. The minimum atomic E-state index is -3.40. The third kappa shape index (κ3) is 3.85. The molecule has 1 amide bonds. The molecule has 6 heteroatoms. The molecule has 0 aromatic carbocycles. The summed E-state index contributed by atoms with van der Waals surface area (Å²) in [6, 6.07) is 0. The number of alkyl halides is 1. The lowest BCUT2D eigenvalue weighted by atomic mass is 9.89. The van der Waals surface area contributed by atoms with Gasteiger partial charge in [-0.15, -0.1) is 11.6 Å². The maximum absolute atomic E-state index is 11.9. The van der Waals surface area contributed by atoms with Crippen molar-refractivity contribution in [3.05, 3.63) is 0 Å². The van der Waals surface area contributed by atoms with Crippen LogP contribution in [0, 0.1) is 5.92 Å². The minimum Gasteiger partial charge on any atom is -0.354 e. The molecule has 18 heavy (non-hydrogen) atoms. The SMILES string of the molecule is CC(C)(C(=O)NCC1CCCC(Cl)C1)S(C)(=O)=O. The molecule has 1 fully saturated rings. The maximum Gasteiger partial charge on any atom is 0.240 e. The van der Waals surface area contributed by atoms with E-state index in [1.807, 2.05) is 0 Å². The minimum absolute atomic E-state index is 0.184. The van der Waals surface area contributed by atoms with Crippen molar-refractivity contribution in [1.82, 2.24) is 5.32 Å². The molecule has 0 spiro atoms. The summed E-state index contributed by atoms with van der Waals surface area (Å²) in [6.07, 6.45) is 5.12. The lowest BCUT2D eigenvalue weighted by Gasteiger charge is -2.27. The fourth-order valence-electron chi connectivity index (χ4n) is 2.03. The van der Waals surface area contributed by atoms with E-state index in [4.69, 9.17) is 11.6 Å². The van der Waals surface area contributed by atoms with Crippen LogP contribution in [0.4, 0.5) is 0 Å². The average Bonchev–Trinajstić information content (AvgIpc) is 2.24. The van der Waals surface area contributed by atoms with E-state index in [-0.39, 0.29) is 5.38 Å². The molecular weight excluding hydrogens is 274 g/mol. The lowest BCUT2D eigenvalue weighted by molar-refractivity contribution is -0.123. The summed E-state index contributed by atoms with van der Waals surface area (Å²) in [7, 11) is -3.40. The third-order valence-corrected chi connectivity index (χ3v) is 6.18. The zero-order chi connectivity index (χ0) is 14.0. The first kappa shape index (κ1) is 15.8. The summed E-state index contributed by atoms with van der Waals surface area (Å²) in [4.78, 5) is 11.9. The molecule has 1 aliphatic carbocycles. The summed E-state index contributed by atoms with van der Waals surface area (Å²) in [5.74, 6) is -0.0674. The fourth-order valence-corrected chi connectivity index (χ4v) is 2.84. The van der Waals surface area contributed by atoms with Crippen LogP contribution in [-0.4, -0.2) is 37.2 Å². The molecule has 1 rings (SSSR count). The molecule has 0 aromatic heterocycles. The number of hydrogen-bond acceptors (Lipinski definition) is 3. The Morgan fingerprint density at radius 2 is 2.00 bits per heavy atom. The zero-order valence-corrected chi connectivity index (χ0v) is 12.8. The van der Waals surface area contributed by atoms with Crippen LogP contribution in [0.2, 0.25) is 0 Å². The van der Waals surface area contributed by atoms with Crippen LogP contribution in [0.25, 0.3) is 0 Å². The van der Waals surface area contributed by atoms with E-state index in [1.165, 1.54) is 13.8 Å². The molecule has 0 aliphatic heterocycles. The highest BCUT2D eigenvalue weighted by Gasteiger charge is 2.38. The predicted octanol–water partition coefficient (Wildman–Crippen LogP) is 1.72.